The molecule has 0 saturated heterocycles. The lowest BCUT2D eigenvalue weighted by Gasteiger charge is -2.16. The molecule has 0 aliphatic carbocycles. The molecule has 3 heteroatoms. The number of allylic oxidation sites excluding steroid dienone is 1. The minimum absolute atomic E-state index is 0.131. The highest BCUT2D eigenvalue weighted by Gasteiger charge is 2.12. The van der Waals surface area contributed by atoms with Crippen LogP contribution in [0.15, 0.2) is 103 Å². The van der Waals surface area contributed by atoms with Crippen molar-refractivity contribution >= 4 is 6.09 Å². The Morgan fingerprint density at radius 2 is 1.27 bits per heavy atom. The Bertz CT molecular complexity index is 907. The second-order valence-electron chi connectivity index (χ2n) is 7.55. The molecule has 3 rings (SSSR count). The zero-order valence-electron chi connectivity index (χ0n) is 17.4. The molecule has 0 aliphatic rings. The predicted molar refractivity (Wildman–Crippen MR) is 122 cm³/mol. The molecule has 30 heavy (non-hydrogen) atoms. The standard InChI is InChI=1S/C27H29NO2/c1-22(19-23-11-5-2-6-12-23)17-18-26(20-24-13-7-3-8-14-24)28-27(29)30-21-25-15-9-4-10-16-25/h2-18,22,26H,19-21H2,1H3,(H,28,29)/b18-17+/t22-,26-/m0/s1. The van der Waals surface area contributed by atoms with Crippen LogP contribution in [0.1, 0.15) is 23.6 Å². The van der Waals surface area contributed by atoms with Crippen molar-refractivity contribution in [3.63, 3.8) is 0 Å². The van der Waals surface area contributed by atoms with Gasteiger partial charge in [-0.2, -0.15) is 0 Å². The van der Waals surface area contributed by atoms with Crippen LogP contribution in [0, 0.1) is 5.92 Å². The molecule has 0 fully saturated rings. The van der Waals surface area contributed by atoms with Gasteiger partial charge in [0.1, 0.15) is 6.61 Å². The van der Waals surface area contributed by atoms with Gasteiger partial charge in [0.15, 0.2) is 0 Å². The molecule has 0 unspecified atom stereocenters. The summed E-state index contributed by atoms with van der Waals surface area (Å²) in [6, 6.07) is 30.2. The van der Waals surface area contributed by atoms with E-state index in [1.807, 2.05) is 54.6 Å². The Morgan fingerprint density at radius 1 is 0.767 bits per heavy atom. The Hall–Kier alpha value is -3.33. The maximum Gasteiger partial charge on any atom is 0.407 e. The molecule has 154 valence electrons. The number of carbonyl (C=O) groups excluding carboxylic acids is 1. The lowest BCUT2D eigenvalue weighted by molar-refractivity contribution is 0.137. The van der Waals surface area contributed by atoms with E-state index in [9.17, 15) is 4.79 Å². The number of benzene rings is 3. The first-order chi connectivity index (χ1) is 14.7. The lowest BCUT2D eigenvalue weighted by Crippen LogP contribution is -2.35. The molecule has 2 atom stereocenters. The van der Waals surface area contributed by atoms with E-state index in [1.165, 1.54) is 11.1 Å². The Labute approximate surface area is 179 Å². The first-order valence-corrected chi connectivity index (χ1v) is 10.4. The van der Waals surface area contributed by atoms with Gasteiger partial charge in [-0.1, -0.05) is 110 Å². The van der Waals surface area contributed by atoms with Crippen LogP contribution in [-0.4, -0.2) is 12.1 Å². The summed E-state index contributed by atoms with van der Waals surface area (Å²) < 4.78 is 5.41. The van der Waals surface area contributed by atoms with E-state index < -0.39 is 6.09 Å². The van der Waals surface area contributed by atoms with Crippen LogP contribution >= 0.6 is 0 Å². The van der Waals surface area contributed by atoms with Gasteiger partial charge < -0.3 is 10.1 Å². The number of carbonyl (C=O) groups is 1. The van der Waals surface area contributed by atoms with Gasteiger partial charge in [-0.15, -0.1) is 0 Å². The number of rotatable bonds is 9. The van der Waals surface area contributed by atoms with Crippen LogP contribution in [-0.2, 0) is 24.2 Å². The highest BCUT2D eigenvalue weighted by atomic mass is 16.5. The molecule has 0 aliphatic heterocycles. The lowest BCUT2D eigenvalue weighted by atomic mass is 9.98. The summed E-state index contributed by atoms with van der Waals surface area (Å²) >= 11 is 0. The predicted octanol–water partition coefficient (Wildman–Crippen LogP) is 5.96. The molecular weight excluding hydrogens is 370 g/mol. The van der Waals surface area contributed by atoms with Crippen LogP contribution < -0.4 is 5.32 Å². The Morgan fingerprint density at radius 3 is 1.83 bits per heavy atom. The van der Waals surface area contributed by atoms with Crippen molar-refractivity contribution in [3.05, 3.63) is 120 Å². The number of ether oxygens (including phenoxy) is 1. The van der Waals surface area contributed by atoms with Gasteiger partial charge >= 0.3 is 6.09 Å². The SMILES string of the molecule is C[C@@H](/C=C/[C@@H](Cc1ccccc1)NC(=O)OCc1ccccc1)Cc1ccccc1. The Kier molecular flexibility index (Phi) is 8.28. The highest BCUT2D eigenvalue weighted by molar-refractivity contribution is 5.68. The molecule has 0 heterocycles. The first kappa shape index (κ1) is 21.4. The molecule has 0 bridgehead atoms. The van der Waals surface area contributed by atoms with Crippen molar-refractivity contribution in [2.24, 2.45) is 5.92 Å². The van der Waals surface area contributed by atoms with Crippen LogP contribution in [0.25, 0.3) is 0 Å². The third-order valence-electron chi connectivity index (χ3n) is 4.89. The van der Waals surface area contributed by atoms with Crippen LogP contribution in [0.4, 0.5) is 4.79 Å². The van der Waals surface area contributed by atoms with Crippen molar-refractivity contribution in [1.29, 1.82) is 0 Å². The number of hydrogen-bond acceptors (Lipinski definition) is 2. The van der Waals surface area contributed by atoms with Gasteiger partial charge in [-0.3, -0.25) is 0 Å². The fraction of sp³-hybridized carbons (Fsp3) is 0.222. The molecular formula is C27H29NO2. The fourth-order valence-electron chi connectivity index (χ4n) is 3.33. The third-order valence-corrected chi connectivity index (χ3v) is 4.89. The van der Waals surface area contributed by atoms with E-state index >= 15 is 0 Å². The highest BCUT2D eigenvalue weighted by Crippen LogP contribution is 2.11. The summed E-state index contributed by atoms with van der Waals surface area (Å²) in [6.07, 6.45) is 5.55. The summed E-state index contributed by atoms with van der Waals surface area (Å²) in [6.45, 7) is 2.45. The third kappa shape index (κ3) is 7.59. The molecule has 1 N–H and O–H groups in total. The minimum Gasteiger partial charge on any atom is -0.445 e. The smallest absolute Gasteiger partial charge is 0.407 e. The van der Waals surface area contributed by atoms with Crippen LogP contribution in [0.2, 0.25) is 0 Å². The van der Waals surface area contributed by atoms with Crippen LogP contribution in [0.3, 0.4) is 0 Å². The van der Waals surface area contributed by atoms with E-state index in [0.29, 0.717) is 5.92 Å². The van der Waals surface area contributed by atoms with E-state index in [0.717, 1.165) is 18.4 Å². The number of hydrogen-bond donors (Lipinski definition) is 1. The molecule has 0 aromatic heterocycles. The fourth-order valence-corrected chi connectivity index (χ4v) is 3.33. The molecule has 3 aromatic rings. The summed E-state index contributed by atoms with van der Waals surface area (Å²) in [4.78, 5) is 12.4. The number of amides is 1. The molecule has 0 saturated carbocycles. The minimum atomic E-state index is -0.403. The van der Waals surface area contributed by atoms with Gasteiger partial charge in [0.25, 0.3) is 0 Å². The quantitative estimate of drug-likeness (QED) is 0.451. The second kappa shape index (κ2) is 11.6. The summed E-state index contributed by atoms with van der Waals surface area (Å²) in [5.74, 6) is 0.368. The molecule has 3 aromatic carbocycles. The normalized spacial score (nSPS) is 13.0. The van der Waals surface area contributed by atoms with Gasteiger partial charge in [-0.25, -0.2) is 4.79 Å². The molecule has 3 nitrogen and oxygen atoms in total. The summed E-state index contributed by atoms with van der Waals surface area (Å²) in [5, 5.41) is 3.01. The van der Waals surface area contributed by atoms with Gasteiger partial charge in [0.05, 0.1) is 6.04 Å². The van der Waals surface area contributed by atoms with Crippen LogP contribution in [0.5, 0.6) is 0 Å². The molecule has 0 radical (unpaired) electrons. The maximum absolute atomic E-state index is 12.4. The monoisotopic (exact) mass is 399 g/mol. The van der Waals surface area contributed by atoms with Crippen molar-refractivity contribution in [1.82, 2.24) is 5.32 Å². The average Bonchev–Trinajstić information content (AvgIpc) is 2.78. The largest absolute Gasteiger partial charge is 0.445 e. The zero-order valence-corrected chi connectivity index (χ0v) is 17.4. The van der Waals surface area contributed by atoms with E-state index in [-0.39, 0.29) is 12.6 Å². The second-order valence-corrected chi connectivity index (χ2v) is 7.55. The van der Waals surface area contributed by atoms with Crippen molar-refractivity contribution in [2.45, 2.75) is 32.4 Å². The maximum atomic E-state index is 12.4. The van der Waals surface area contributed by atoms with Gasteiger partial charge in [0, 0.05) is 0 Å². The van der Waals surface area contributed by atoms with Gasteiger partial charge in [-0.05, 0) is 35.4 Å². The van der Waals surface area contributed by atoms with E-state index in [1.54, 1.807) is 0 Å². The van der Waals surface area contributed by atoms with Crippen molar-refractivity contribution in [3.8, 4) is 0 Å². The zero-order chi connectivity index (χ0) is 21.0. The van der Waals surface area contributed by atoms with Crippen molar-refractivity contribution < 1.29 is 9.53 Å². The van der Waals surface area contributed by atoms with E-state index in [4.69, 9.17) is 4.74 Å². The molecule has 1 amide bonds. The Balaban J connectivity index is 1.59. The van der Waals surface area contributed by atoms with E-state index in [2.05, 4.69) is 60.8 Å². The van der Waals surface area contributed by atoms with Crippen molar-refractivity contribution in [2.75, 3.05) is 0 Å². The summed E-state index contributed by atoms with van der Waals surface area (Å²) in [7, 11) is 0. The first-order valence-electron chi connectivity index (χ1n) is 10.4. The molecule has 0 spiro atoms. The van der Waals surface area contributed by atoms with Gasteiger partial charge in [0.2, 0.25) is 0 Å². The topological polar surface area (TPSA) is 38.3 Å². The summed E-state index contributed by atoms with van der Waals surface area (Å²) in [5.41, 5.74) is 3.45. The number of alkyl carbamates (subject to hydrolysis) is 1. The average molecular weight is 400 g/mol. The number of nitrogens with one attached hydrogen (secondary N) is 1.